The molecule has 70 valence electrons. The van der Waals surface area contributed by atoms with Gasteiger partial charge in [0.05, 0.1) is 0 Å². The van der Waals surface area contributed by atoms with Crippen molar-refractivity contribution in [3.63, 3.8) is 0 Å². The third-order valence-corrected chi connectivity index (χ3v) is 1.51. The van der Waals surface area contributed by atoms with Crippen LogP contribution in [0.4, 0.5) is 4.79 Å². The Balaban J connectivity index is 2.56. The zero-order valence-electron chi connectivity index (χ0n) is 7.10. The zero-order chi connectivity index (χ0) is 9.84. The predicted octanol–water partition coefficient (Wildman–Crippen LogP) is -0.685. The van der Waals surface area contributed by atoms with Crippen LogP contribution < -0.4 is 11.1 Å². The number of nitrogens with zero attached hydrogens (tertiary/aromatic N) is 2. The molecule has 1 aromatic rings. The minimum absolute atomic E-state index is 0.427. The average molecular weight is 182 g/mol. The molecule has 0 saturated heterocycles. The predicted molar refractivity (Wildman–Crippen MR) is 44.8 cm³/mol. The van der Waals surface area contributed by atoms with Gasteiger partial charge in [0.2, 0.25) is 5.91 Å². The summed E-state index contributed by atoms with van der Waals surface area (Å²) in [5.74, 6) is -0.575. The Labute approximate surface area is 74.7 Å². The summed E-state index contributed by atoms with van der Waals surface area (Å²) >= 11 is 0. The van der Waals surface area contributed by atoms with Crippen LogP contribution in [0.3, 0.4) is 0 Å². The lowest BCUT2D eigenvalue weighted by Gasteiger charge is -2.09. The fourth-order valence-electron chi connectivity index (χ4n) is 0.710. The second kappa shape index (κ2) is 3.70. The highest BCUT2D eigenvalue weighted by Gasteiger charge is 2.12. The van der Waals surface area contributed by atoms with Gasteiger partial charge in [0.25, 0.3) is 0 Å². The van der Waals surface area contributed by atoms with Gasteiger partial charge in [-0.25, -0.2) is 9.78 Å². The molecule has 1 aromatic heterocycles. The summed E-state index contributed by atoms with van der Waals surface area (Å²) in [6, 6.07) is -1.11. The molecule has 0 radical (unpaired) electrons. The first-order valence-electron chi connectivity index (χ1n) is 3.69. The molecule has 2 amide bonds. The highest BCUT2D eigenvalue weighted by molar-refractivity contribution is 5.86. The Morgan fingerprint density at radius 2 is 2.31 bits per heavy atom. The number of carbonyl (C=O) groups excluding carboxylic acids is 2. The molecule has 1 rings (SSSR count). The molecule has 6 nitrogen and oxygen atoms in total. The largest absolute Gasteiger partial charge is 0.368 e. The molecular formula is C7H10N4O2. The van der Waals surface area contributed by atoms with E-state index in [4.69, 9.17) is 5.73 Å². The van der Waals surface area contributed by atoms with Crippen LogP contribution in [0.5, 0.6) is 0 Å². The lowest BCUT2D eigenvalue weighted by molar-refractivity contribution is -0.119. The van der Waals surface area contributed by atoms with Crippen LogP contribution >= 0.6 is 0 Å². The van der Waals surface area contributed by atoms with E-state index in [0.717, 1.165) is 0 Å². The molecule has 1 atom stereocenters. The van der Waals surface area contributed by atoms with Crippen molar-refractivity contribution in [1.29, 1.82) is 0 Å². The summed E-state index contributed by atoms with van der Waals surface area (Å²) in [5, 5.41) is 2.39. The Morgan fingerprint density at radius 3 is 2.77 bits per heavy atom. The smallest absolute Gasteiger partial charge is 0.327 e. The van der Waals surface area contributed by atoms with Crippen LogP contribution in [-0.2, 0) is 4.79 Å². The maximum Gasteiger partial charge on any atom is 0.327 e. The maximum absolute atomic E-state index is 11.2. The van der Waals surface area contributed by atoms with Gasteiger partial charge in [-0.05, 0) is 6.92 Å². The first-order chi connectivity index (χ1) is 6.11. The van der Waals surface area contributed by atoms with Crippen molar-refractivity contribution in [2.24, 2.45) is 5.73 Å². The van der Waals surface area contributed by atoms with Crippen molar-refractivity contribution in [2.45, 2.75) is 13.0 Å². The molecular weight excluding hydrogens is 172 g/mol. The van der Waals surface area contributed by atoms with E-state index in [2.05, 4.69) is 10.3 Å². The topological polar surface area (TPSA) is 90.0 Å². The van der Waals surface area contributed by atoms with E-state index >= 15 is 0 Å². The molecule has 0 saturated carbocycles. The van der Waals surface area contributed by atoms with Crippen LogP contribution in [0.15, 0.2) is 18.7 Å². The van der Waals surface area contributed by atoms with Crippen LogP contribution in [0.1, 0.15) is 6.92 Å². The first kappa shape index (κ1) is 9.24. The van der Waals surface area contributed by atoms with Crippen LogP contribution in [0.25, 0.3) is 0 Å². The van der Waals surface area contributed by atoms with Crippen molar-refractivity contribution in [2.75, 3.05) is 0 Å². The number of hydrogen-bond donors (Lipinski definition) is 2. The third kappa shape index (κ3) is 2.29. The van der Waals surface area contributed by atoms with E-state index in [1.807, 2.05) is 0 Å². The lowest BCUT2D eigenvalue weighted by Crippen LogP contribution is -2.43. The monoisotopic (exact) mass is 182 g/mol. The van der Waals surface area contributed by atoms with Crippen molar-refractivity contribution >= 4 is 11.9 Å². The fourth-order valence-corrected chi connectivity index (χ4v) is 0.710. The van der Waals surface area contributed by atoms with E-state index in [9.17, 15) is 9.59 Å². The normalized spacial score (nSPS) is 12.1. The Kier molecular flexibility index (Phi) is 2.63. The molecule has 1 heterocycles. The Morgan fingerprint density at radius 1 is 1.62 bits per heavy atom. The van der Waals surface area contributed by atoms with Crippen molar-refractivity contribution in [1.82, 2.24) is 14.9 Å². The molecule has 13 heavy (non-hydrogen) atoms. The number of hydrogen-bond acceptors (Lipinski definition) is 3. The number of aromatic nitrogens is 2. The SMILES string of the molecule is C[C@@H](NC(=O)n1ccnc1)C(N)=O. The second-order valence-corrected chi connectivity index (χ2v) is 2.54. The Hall–Kier alpha value is -1.85. The van der Waals surface area contributed by atoms with E-state index in [0.29, 0.717) is 0 Å². The maximum atomic E-state index is 11.2. The number of carbonyl (C=O) groups is 2. The second-order valence-electron chi connectivity index (χ2n) is 2.54. The van der Waals surface area contributed by atoms with E-state index in [1.54, 1.807) is 0 Å². The van der Waals surface area contributed by atoms with Crippen molar-refractivity contribution in [3.8, 4) is 0 Å². The van der Waals surface area contributed by atoms with Gasteiger partial charge in [-0.3, -0.25) is 9.36 Å². The van der Waals surface area contributed by atoms with Gasteiger partial charge < -0.3 is 11.1 Å². The zero-order valence-corrected chi connectivity index (χ0v) is 7.10. The summed E-state index contributed by atoms with van der Waals surface area (Å²) in [6.07, 6.45) is 4.28. The minimum Gasteiger partial charge on any atom is -0.368 e. The minimum atomic E-state index is -0.685. The lowest BCUT2D eigenvalue weighted by atomic mass is 10.3. The van der Waals surface area contributed by atoms with Gasteiger partial charge in [-0.1, -0.05) is 0 Å². The molecule has 0 aliphatic rings. The molecule has 0 aromatic carbocycles. The number of amides is 2. The van der Waals surface area contributed by atoms with Crippen LogP contribution in [0, 0.1) is 0 Å². The number of nitrogens with one attached hydrogen (secondary N) is 1. The van der Waals surface area contributed by atoms with Gasteiger partial charge in [0.1, 0.15) is 12.4 Å². The Bertz CT molecular complexity index is 306. The number of rotatable bonds is 2. The molecule has 0 aliphatic heterocycles. The summed E-state index contributed by atoms with van der Waals surface area (Å²) in [4.78, 5) is 25.5. The molecule has 0 fully saturated rings. The van der Waals surface area contributed by atoms with Gasteiger partial charge in [0, 0.05) is 12.4 Å². The summed E-state index contributed by atoms with van der Waals surface area (Å²) in [5.41, 5.74) is 4.96. The van der Waals surface area contributed by atoms with Crippen molar-refractivity contribution < 1.29 is 9.59 Å². The highest BCUT2D eigenvalue weighted by Crippen LogP contribution is 1.87. The number of primary amides is 1. The van der Waals surface area contributed by atoms with Gasteiger partial charge in [-0.2, -0.15) is 0 Å². The molecule has 0 unspecified atom stereocenters. The third-order valence-electron chi connectivity index (χ3n) is 1.51. The fraction of sp³-hybridized carbons (Fsp3) is 0.286. The first-order valence-corrected chi connectivity index (χ1v) is 3.69. The summed E-state index contributed by atoms with van der Waals surface area (Å²) in [7, 11) is 0. The summed E-state index contributed by atoms with van der Waals surface area (Å²) in [6.45, 7) is 1.51. The van der Waals surface area contributed by atoms with E-state index < -0.39 is 18.0 Å². The quantitative estimate of drug-likeness (QED) is 0.634. The number of imidazole rings is 1. The standard InChI is InChI=1S/C7H10N4O2/c1-5(6(8)12)10-7(13)11-3-2-9-4-11/h2-5H,1H3,(H2,8,12)(H,10,13)/t5-/m1/s1. The number of nitrogens with two attached hydrogens (primary N) is 1. The van der Waals surface area contributed by atoms with Crippen LogP contribution in [0.2, 0.25) is 0 Å². The van der Waals surface area contributed by atoms with Crippen molar-refractivity contribution in [3.05, 3.63) is 18.7 Å². The van der Waals surface area contributed by atoms with Gasteiger partial charge >= 0.3 is 6.03 Å². The summed E-state index contributed by atoms with van der Waals surface area (Å²) < 4.78 is 1.22. The van der Waals surface area contributed by atoms with Crippen LogP contribution in [-0.4, -0.2) is 27.5 Å². The highest BCUT2D eigenvalue weighted by atomic mass is 16.2. The molecule has 6 heteroatoms. The molecule has 0 bridgehead atoms. The molecule has 3 N–H and O–H groups in total. The van der Waals surface area contributed by atoms with E-state index in [1.165, 1.54) is 30.2 Å². The van der Waals surface area contributed by atoms with Gasteiger partial charge in [-0.15, -0.1) is 0 Å². The average Bonchev–Trinajstić information content (AvgIpc) is 2.55. The molecule has 0 aliphatic carbocycles. The van der Waals surface area contributed by atoms with Gasteiger partial charge in [0.15, 0.2) is 0 Å². The molecule has 0 spiro atoms. The van der Waals surface area contributed by atoms with E-state index in [-0.39, 0.29) is 0 Å².